The number of hydrogen-bond acceptors (Lipinski definition) is 5. The summed E-state index contributed by atoms with van der Waals surface area (Å²) in [7, 11) is 3.91. The number of nitrogens with zero attached hydrogens (tertiary/aromatic N) is 4. The molecule has 0 saturated heterocycles. The van der Waals surface area contributed by atoms with Gasteiger partial charge in [-0.15, -0.1) is 0 Å². The zero-order chi connectivity index (χ0) is 25.2. The van der Waals surface area contributed by atoms with Gasteiger partial charge in [0.2, 0.25) is 5.91 Å². The minimum absolute atomic E-state index is 0.0437. The van der Waals surface area contributed by atoms with Gasteiger partial charge < -0.3 is 25.3 Å². The number of aromatic amines is 1. The summed E-state index contributed by atoms with van der Waals surface area (Å²) < 4.78 is 7.45. The van der Waals surface area contributed by atoms with Crippen molar-refractivity contribution in [3.63, 3.8) is 0 Å². The number of fused-ring (bicyclic) bond motifs is 3. The molecule has 36 heavy (non-hydrogen) atoms. The number of nitrogens with two attached hydrogens (primary N) is 1. The number of benzene rings is 2. The number of carbonyl (C=O) groups is 2. The maximum absolute atomic E-state index is 12.7. The number of nitrogens with one attached hydrogen (secondary N) is 1. The fourth-order valence-electron chi connectivity index (χ4n) is 4.36. The summed E-state index contributed by atoms with van der Waals surface area (Å²) in [6.45, 7) is 1.67. The first-order valence-electron chi connectivity index (χ1n) is 11.8. The van der Waals surface area contributed by atoms with Crippen molar-refractivity contribution in [1.82, 2.24) is 24.4 Å². The van der Waals surface area contributed by atoms with Crippen LogP contribution in [0.5, 0.6) is 11.5 Å². The lowest BCUT2D eigenvalue weighted by Crippen LogP contribution is -2.34. The number of aromatic nitrogens is 3. The van der Waals surface area contributed by atoms with Crippen LogP contribution in [0.25, 0.3) is 16.9 Å². The molecule has 0 aliphatic carbocycles. The average molecular weight is 485 g/mol. The summed E-state index contributed by atoms with van der Waals surface area (Å²) in [5, 5.41) is 4.67. The highest BCUT2D eigenvalue weighted by atomic mass is 16.5. The number of likely N-dealkylation sites (N-methyl/N-ethyl adjacent to an activating group) is 1. The highest BCUT2D eigenvalue weighted by Crippen LogP contribution is 2.31. The van der Waals surface area contributed by atoms with Crippen molar-refractivity contribution in [2.45, 2.75) is 13.0 Å². The lowest BCUT2D eigenvalue weighted by Gasteiger charge is -2.25. The van der Waals surface area contributed by atoms with Crippen LogP contribution in [-0.2, 0) is 17.8 Å². The van der Waals surface area contributed by atoms with E-state index in [0.717, 1.165) is 22.6 Å². The number of hydrogen-bond donors (Lipinski definition) is 2. The van der Waals surface area contributed by atoms with Crippen LogP contribution in [0.4, 0.5) is 0 Å². The lowest BCUT2D eigenvalue weighted by atomic mass is 10.1. The second kappa shape index (κ2) is 9.71. The number of imidazole rings is 1. The zero-order valence-corrected chi connectivity index (χ0v) is 20.3. The van der Waals surface area contributed by atoms with Crippen molar-refractivity contribution in [2.24, 2.45) is 5.73 Å². The Morgan fingerprint density at radius 3 is 2.53 bits per heavy atom. The van der Waals surface area contributed by atoms with E-state index in [1.165, 1.54) is 0 Å². The summed E-state index contributed by atoms with van der Waals surface area (Å²) in [6, 6.07) is 16.9. The van der Waals surface area contributed by atoms with Gasteiger partial charge in [0.05, 0.1) is 17.9 Å². The molecule has 0 radical (unpaired) electrons. The van der Waals surface area contributed by atoms with Crippen molar-refractivity contribution >= 4 is 17.5 Å². The number of ether oxygens (including phenoxy) is 1. The van der Waals surface area contributed by atoms with Crippen molar-refractivity contribution in [3.8, 4) is 22.8 Å². The Labute approximate surface area is 208 Å². The molecule has 2 aromatic carbocycles. The smallest absolute Gasteiger partial charge is 0.269 e. The quantitative estimate of drug-likeness (QED) is 0.392. The van der Waals surface area contributed by atoms with Crippen LogP contribution < -0.4 is 10.5 Å². The molecule has 5 rings (SSSR count). The summed E-state index contributed by atoms with van der Waals surface area (Å²) in [5.74, 6) is 0.789. The van der Waals surface area contributed by atoms with E-state index in [9.17, 15) is 9.59 Å². The second-order valence-corrected chi connectivity index (χ2v) is 9.01. The van der Waals surface area contributed by atoms with E-state index in [1.54, 1.807) is 15.5 Å². The number of carbonyl (C=O) groups excluding carboxylic acids is 2. The van der Waals surface area contributed by atoms with Gasteiger partial charge in [0.1, 0.15) is 17.1 Å². The van der Waals surface area contributed by atoms with Crippen LogP contribution in [0.1, 0.15) is 21.7 Å². The van der Waals surface area contributed by atoms with Crippen LogP contribution in [0.3, 0.4) is 0 Å². The molecule has 184 valence electrons. The molecule has 0 bridgehead atoms. The summed E-state index contributed by atoms with van der Waals surface area (Å²) in [6.07, 6.45) is 4.07. The van der Waals surface area contributed by atoms with E-state index in [-0.39, 0.29) is 11.6 Å². The Morgan fingerprint density at radius 2 is 1.83 bits per heavy atom. The largest absolute Gasteiger partial charge is 0.457 e. The van der Waals surface area contributed by atoms with Crippen molar-refractivity contribution in [2.75, 3.05) is 27.2 Å². The normalized spacial score (nSPS) is 13.5. The monoisotopic (exact) mass is 484 g/mol. The predicted molar refractivity (Wildman–Crippen MR) is 137 cm³/mol. The molecule has 0 spiro atoms. The van der Waals surface area contributed by atoms with Gasteiger partial charge in [-0.1, -0.05) is 24.3 Å². The SMILES string of the molecule is CN(C)C/C=C/C(=O)N1CCc2nn3c(C(N)=O)c(-c4ccc(Oc5ccccc5)cc4)[nH]c3c2C1. The first-order chi connectivity index (χ1) is 17.4. The van der Waals surface area contributed by atoms with Gasteiger partial charge in [-0.2, -0.15) is 5.10 Å². The second-order valence-electron chi connectivity index (χ2n) is 9.01. The summed E-state index contributed by atoms with van der Waals surface area (Å²) in [4.78, 5) is 32.3. The van der Waals surface area contributed by atoms with Crippen LogP contribution in [-0.4, -0.2) is 63.4 Å². The molecule has 1 aliphatic heterocycles. The fourth-order valence-corrected chi connectivity index (χ4v) is 4.36. The number of rotatable bonds is 7. The Bertz CT molecular complexity index is 1430. The van der Waals surface area contributed by atoms with Gasteiger partial charge in [-0.25, -0.2) is 4.52 Å². The van der Waals surface area contributed by atoms with Gasteiger partial charge in [0, 0.05) is 36.7 Å². The van der Waals surface area contributed by atoms with Crippen molar-refractivity contribution in [1.29, 1.82) is 0 Å². The van der Waals surface area contributed by atoms with Gasteiger partial charge in [-0.05, 0) is 50.5 Å². The van der Waals surface area contributed by atoms with Crippen LogP contribution in [0, 0.1) is 0 Å². The van der Waals surface area contributed by atoms with Gasteiger partial charge in [-0.3, -0.25) is 9.59 Å². The third-order valence-corrected chi connectivity index (χ3v) is 6.12. The number of amides is 2. The van der Waals surface area contributed by atoms with Gasteiger partial charge in [0.15, 0.2) is 5.69 Å². The van der Waals surface area contributed by atoms with Crippen molar-refractivity contribution < 1.29 is 14.3 Å². The Balaban J connectivity index is 1.44. The average Bonchev–Trinajstić information content (AvgIpc) is 3.40. The summed E-state index contributed by atoms with van der Waals surface area (Å²) in [5.41, 5.74) is 9.85. The molecule has 2 aromatic heterocycles. The van der Waals surface area contributed by atoms with E-state index >= 15 is 0 Å². The summed E-state index contributed by atoms with van der Waals surface area (Å²) >= 11 is 0. The molecule has 4 aromatic rings. The van der Waals surface area contributed by atoms with Crippen LogP contribution in [0.2, 0.25) is 0 Å². The van der Waals surface area contributed by atoms with E-state index in [2.05, 4.69) is 10.1 Å². The Hall–Kier alpha value is -4.37. The third kappa shape index (κ3) is 4.60. The van der Waals surface area contributed by atoms with E-state index in [4.69, 9.17) is 10.5 Å². The molecule has 3 heterocycles. The topological polar surface area (TPSA) is 109 Å². The molecular formula is C27H28N6O3. The van der Waals surface area contributed by atoms with E-state index in [0.29, 0.717) is 43.1 Å². The molecule has 0 saturated carbocycles. The molecular weight excluding hydrogens is 456 g/mol. The molecule has 9 heteroatoms. The molecule has 2 amide bonds. The Morgan fingerprint density at radius 1 is 1.11 bits per heavy atom. The molecule has 0 fully saturated rings. The van der Waals surface area contributed by atoms with Crippen LogP contribution in [0.15, 0.2) is 66.7 Å². The number of para-hydroxylation sites is 1. The number of H-pyrrole nitrogens is 1. The minimum Gasteiger partial charge on any atom is -0.457 e. The van der Waals surface area contributed by atoms with Crippen LogP contribution >= 0.6 is 0 Å². The first kappa shape index (κ1) is 23.4. The lowest BCUT2D eigenvalue weighted by molar-refractivity contribution is -0.126. The maximum Gasteiger partial charge on any atom is 0.269 e. The van der Waals surface area contributed by atoms with E-state index in [1.807, 2.05) is 79.7 Å². The Kier molecular flexibility index (Phi) is 6.30. The first-order valence-corrected chi connectivity index (χ1v) is 11.8. The molecule has 0 unspecified atom stereocenters. The highest BCUT2D eigenvalue weighted by molar-refractivity contribution is 5.98. The minimum atomic E-state index is -0.583. The maximum atomic E-state index is 12.7. The molecule has 0 atom stereocenters. The van der Waals surface area contributed by atoms with Gasteiger partial charge >= 0.3 is 0 Å². The van der Waals surface area contributed by atoms with Crippen molar-refractivity contribution in [3.05, 3.63) is 83.7 Å². The number of primary amides is 1. The standard InChI is InChI=1S/C27H28N6O3/c1-31(2)15-6-9-23(34)32-16-14-22-21(17-32)27-29-24(25(26(28)35)33(27)30-22)18-10-12-20(13-11-18)36-19-7-4-3-5-8-19/h3-13,29H,14-17H2,1-2H3,(H2,28,35)/b9-6+. The highest BCUT2D eigenvalue weighted by Gasteiger charge is 2.28. The van der Waals surface area contributed by atoms with Gasteiger partial charge in [0.25, 0.3) is 5.91 Å². The third-order valence-electron chi connectivity index (χ3n) is 6.12. The zero-order valence-electron chi connectivity index (χ0n) is 20.3. The molecule has 9 nitrogen and oxygen atoms in total. The predicted octanol–water partition coefficient (Wildman–Crippen LogP) is 3.22. The molecule has 3 N–H and O–H groups in total. The molecule has 1 aliphatic rings. The van der Waals surface area contributed by atoms with E-state index < -0.39 is 5.91 Å². The fraction of sp³-hybridized carbons (Fsp3) is 0.222.